The number of thiazole rings is 2. The quantitative estimate of drug-likeness (QED) is 0.0998. The van der Waals surface area contributed by atoms with Crippen LogP contribution in [0.3, 0.4) is 0 Å². The van der Waals surface area contributed by atoms with Crippen molar-refractivity contribution in [3.63, 3.8) is 0 Å². The van der Waals surface area contributed by atoms with Crippen LogP contribution in [0, 0.1) is 0 Å². The number of ether oxygens (including phenoxy) is 2. The number of imidazole rings is 2. The minimum Gasteiger partial charge on any atom is -0.453 e. The topological polar surface area (TPSA) is 214 Å². The van der Waals surface area contributed by atoms with Crippen molar-refractivity contribution in [2.45, 2.75) is 69.2 Å². The highest BCUT2D eigenvalue weighted by atomic mass is 32.1. The number of aromatic nitrogens is 6. The molecule has 2 aliphatic rings. The van der Waals surface area contributed by atoms with Gasteiger partial charge in [-0.15, -0.1) is 22.7 Å². The molecule has 0 saturated carbocycles. The van der Waals surface area contributed by atoms with Crippen LogP contribution in [-0.4, -0.2) is 95.5 Å². The van der Waals surface area contributed by atoms with Crippen LogP contribution >= 0.6 is 22.7 Å². The summed E-state index contributed by atoms with van der Waals surface area (Å²) in [6, 6.07) is 15.0. The molecule has 2 aliphatic heterocycles. The summed E-state index contributed by atoms with van der Waals surface area (Å²) >= 11 is 2.83. The number of methoxy groups -OCH3 is 1. The number of likely N-dealkylation sites (tertiary alicyclic amines) is 2. The normalized spacial score (nSPS) is 17.9. The maximum Gasteiger partial charge on any atom is 0.407 e. The van der Waals surface area contributed by atoms with E-state index in [9.17, 15) is 19.2 Å². The van der Waals surface area contributed by atoms with Crippen molar-refractivity contribution in [1.82, 2.24) is 45.0 Å². The molecule has 310 valence electrons. The first-order valence-electron chi connectivity index (χ1n) is 19.6. The third-order valence-electron chi connectivity index (χ3n) is 11.0. The zero-order chi connectivity index (χ0) is 41.8. The van der Waals surface area contributed by atoms with Crippen molar-refractivity contribution >= 4 is 46.7 Å². The van der Waals surface area contributed by atoms with Gasteiger partial charge >= 0.3 is 12.2 Å². The molecule has 2 saturated heterocycles. The molecule has 4 amide bonds. The van der Waals surface area contributed by atoms with Gasteiger partial charge in [0.25, 0.3) is 5.91 Å². The SMILES string of the molecule is COC(=O)N[C@@H](Cc1cscn1)C(=O)N1CCC[C@H]1c1ncc(-c2ccc(-c3ccc(-c4cnc([C@@H]5CCCN5C(=O)[C@](C)(Cc5cscn5)OC(N)=O)[nH]4)cc3)cc2)[nH]1. The van der Waals surface area contributed by atoms with E-state index in [1.165, 1.54) is 29.8 Å². The summed E-state index contributed by atoms with van der Waals surface area (Å²) in [5.41, 5.74) is 14.2. The highest BCUT2D eigenvalue weighted by Gasteiger charge is 2.45. The van der Waals surface area contributed by atoms with Crippen molar-refractivity contribution in [3.8, 4) is 33.6 Å². The average molecular weight is 849 g/mol. The summed E-state index contributed by atoms with van der Waals surface area (Å²) in [5, 5.41) is 6.38. The second kappa shape index (κ2) is 17.4. The number of benzene rings is 2. The lowest BCUT2D eigenvalue weighted by Gasteiger charge is -2.33. The molecular formula is C42H44N10O6S2. The van der Waals surface area contributed by atoms with Crippen LogP contribution in [0.4, 0.5) is 9.59 Å². The molecule has 4 atom stereocenters. The fraction of sp³-hybridized carbons (Fsp3) is 0.333. The number of hydrogen-bond donors (Lipinski definition) is 4. The number of hydrogen-bond acceptors (Lipinski definition) is 12. The van der Waals surface area contributed by atoms with Crippen molar-refractivity contribution in [2.24, 2.45) is 5.73 Å². The van der Waals surface area contributed by atoms with E-state index in [2.05, 4.69) is 59.5 Å². The van der Waals surface area contributed by atoms with Gasteiger partial charge in [0.1, 0.15) is 17.7 Å². The molecular weight excluding hydrogens is 805 g/mol. The minimum absolute atomic E-state index is 0.114. The number of alkyl carbamates (subject to hydrolysis) is 1. The molecule has 18 heteroatoms. The average Bonchev–Trinajstić information content (AvgIpc) is 4.11. The highest BCUT2D eigenvalue weighted by Crippen LogP contribution is 2.36. The lowest BCUT2D eigenvalue weighted by molar-refractivity contribution is -0.150. The number of carbonyl (C=O) groups excluding carboxylic acids is 4. The Labute approximate surface area is 353 Å². The van der Waals surface area contributed by atoms with Crippen LogP contribution < -0.4 is 11.1 Å². The maximum atomic E-state index is 13.9. The Morgan fingerprint density at radius 3 is 1.83 bits per heavy atom. The van der Waals surface area contributed by atoms with Crippen molar-refractivity contribution in [3.05, 3.63) is 106 Å². The number of primary amides is 1. The molecule has 0 bridgehead atoms. The Morgan fingerprint density at radius 2 is 1.32 bits per heavy atom. The number of nitrogens with two attached hydrogens (primary N) is 1. The monoisotopic (exact) mass is 848 g/mol. The third kappa shape index (κ3) is 8.65. The smallest absolute Gasteiger partial charge is 0.407 e. The van der Waals surface area contributed by atoms with Crippen LogP contribution in [-0.2, 0) is 31.9 Å². The Hall–Kier alpha value is -6.40. The molecule has 0 unspecified atom stereocenters. The molecule has 2 fully saturated rings. The Morgan fingerprint density at radius 1 is 0.800 bits per heavy atom. The molecule has 0 aliphatic carbocycles. The van der Waals surface area contributed by atoms with E-state index in [0.717, 1.165) is 58.6 Å². The minimum atomic E-state index is -1.51. The summed E-state index contributed by atoms with van der Waals surface area (Å²) in [6.07, 6.45) is 5.29. The van der Waals surface area contributed by atoms with Gasteiger partial charge in [0, 0.05) is 36.7 Å². The van der Waals surface area contributed by atoms with Gasteiger partial charge < -0.3 is 40.3 Å². The number of rotatable bonds is 13. The zero-order valence-corrected chi connectivity index (χ0v) is 34.6. The van der Waals surface area contributed by atoms with E-state index in [1.807, 2.05) is 35.0 Å². The first-order valence-corrected chi connectivity index (χ1v) is 21.5. The fourth-order valence-corrected chi connectivity index (χ4v) is 9.23. The lowest BCUT2D eigenvalue weighted by Crippen LogP contribution is -2.52. The maximum absolute atomic E-state index is 13.9. The van der Waals surface area contributed by atoms with E-state index >= 15 is 0 Å². The largest absolute Gasteiger partial charge is 0.453 e. The standard InChI is InChI=1S/C42H44N10O6S2/c1-42(58-40(43)55,18-30-22-60-24-47-30)39(54)52-16-4-6-35(52)37-45-20-33(49-37)28-13-9-26(10-14-28)25-7-11-27(12-8-25)32-19-44-36(48-32)34-5-3-15-51(34)38(53)31(50-41(56)57-2)17-29-21-59-23-46-29/h7-14,19-24,31,34-35H,3-6,15-18H2,1-2H3,(H2,43,55)(H,44,48)(H,45,49)(H,50,56)/t31-,34-,35-,42-/m0/s1. The first-order chi connectivity index (χ1) is 29.1. The van der Waals surface area contributed by atoms with E-state index in [-0.39, 0.29) is 36.7 Å². The van der Waals surface area contributed by atoms with Crippen molar-refractivity contribution in [1.29, 1.82) is 0 Å². The van der Waals surface area contributed by atoms with Gasteiger partial charge in [-0.2, -0.15) is 0 Å². The van der Waals surface area contributed by atoms with Crippen LogP contribution in [0.2, 0.25) is 0 Å². The lowest BCUT2D eigenvalue weighted by atomic mass is 9.97. The zero-order valence-electron chi connectivity index (χ0n) is 33.0. The first kappa shape index (κ1) is 40.4. The molecule has 5 N–H and O–H groups in total. The summed E-state index contributed by atoms with van der Waals surface area (Å²) in [5.74, 6) is 0.807. The van der Waals surface area contributed by atoms with Crippen LogP contribution in [0.1, 0.15) is 67.7 Å². The summed E-state index contributed by atoms with van der Waals surface area (Å²) in [6.45, 7) is 2.63. The molecule has 6 aromatic rings. The molecule has 6 heterocycles. The second-order valence-electron chi connectivity index (χ2n) is 15.0. The van der Waals surface area contributed by atoms with Gasteiger partial charge in [0.05, 0.1) is 65.4 Å². The highest BCUT2D eigenvalue weighted by molar-refractivity contribution is 7.07. The molecule has 0 radical (unpaired) electrons. The van der Waals surface area contributed by atoms with Gasteiger partial charge in [-0.05, 0) is 54.9 Å². The van der Waals surface area contributed by atoms with E-state index < -0.39 is 23.8 Å². The molecule has 8 rings (SSSR count). The van der Waals surface area contributed by atoms with Gasteiger partial charge in [0.15, 0.2) is 5.60 Å². The predicted molar refractivity (Wildman–Crippen MR) is 224 cm³/mol. The van der Waals surface area contributed by atoms with Gasteiger partial charge in [-0.1, -0.05) is 48.5 Å². The Balaban J connectivity index is 0.920. The number of carbonyl (C=O) groups is 4. The number of H-pyrrole nitrogens is 2. The summed E-state index contributed by atoms with van der Waals surface area (Å²) in [7, 11) is 1.27. The summed E-state index contributed by atoms with van der Waals surface area (Å²) in [4.78, 5) is 80.1. The number of amides is 4. The molecule has 4 aromatic heterocycles. The number of aromatic amines is 2. The van der Waals surface area contributed by atoms with E-state index in [1.54, 1.807) is 40.1 Å². The number of nitrogens with one attached hydrogen (secondary N) is 3. The predicted octanol–water partition coefficient (Wildman–Crippen LogP) is 6.44. The molecule has 2 aromatic carbocycles. The Bertz CT molecular complexity index is 2430. The van der Waals surface area contributed by atoms with E-state index in [4.69, 9.17) is 15.2 Å². The Kier molecular flexibility index (Phi) is 11.7. The summed E-state index contributed by atoms with van der Waals surface area (Å²) < 4.78 is 10.2. The van der Waals surface area contributed by atoms with Crippen molar-refractivity contribution in [2.75, 3.05) is 20.2 Å². The van der Waals surface area contributed by atoms with Crippen LogP contribution in [0.25, 0.3) is 33.6 Å². The van der Waals surface area contributed by atoms with Gasteiger partial charge in [-0.25, -0.2) is 29.5 Å². The second-order valence-corrected chi connectivity index (χ2v) is 16.5. The van der Waals surface area contributed by atoms with Gasteiger partial charge in [-0.3, -0.25) is 9.59 Å². The number of nitrogens with zero attached hydrogens (tertiary/aromatic N) is 6. The molecule has 16 nitrogen and oxygen atoms in total. The van der Waals surface area contributed by atoms with Crippen LogP contribution in [0.15, 0.2) is 82.7 Å². The molecule has 0 spiro atoms. The van der Waals surface area contributed by atoms with Crippen molar-refractivity contribution < 1.29 is 28.7 Å². The van der Waals surface area contributed by atoms with Gasteiger partial charge in [0.2, 0.25) is 5.91 Å². The van der Waals surface area contributed by atoms with E-state index in [0.29, 0.717) is 36.9 Å². The fourth-order valence-electron chi connectivity index (χ4n) is 8.10. The molecule has 60 heavy (non-hydrogen) atoms. The van der Waals surface area contributed by atoms with Crippen LogP contribution in [0.5, 0.6) is 0 Å². The third-order valence-corrected chi connectivity index (χ3v) is 12.3.